The van der Waals surface area contributed by atoms with Crippen LogP contribution in [0.3, 0.4) is 0 Å². The maximum atomic E-state index is 13.1. The summed E-state index contributed by atoms with van der Waals surface area (Å²) in [5.41, 5.74) is 0.876. The molecule has 13 nitrogen and oxygen atoms in total. The highest BCUT2D eigenvalue weighted by Gasteiger charge is 2.61. The third kappa shape index (κ3) is 7.69. The molecule has 0 radical (unpaired) electrons. The summed E-state index contributed by atoms with van der Waals surface area (Å²) in [5.74, 6) is -2.45. The third-order valence-electron chi connectivity index (χ3n) is 9.12. The molecule has 14 heteroatoms. The Bertz CT molecular complexity index is 1190. The maximum Gasteiger partial charge on any atom is 0.337 e. The van der Waals surface area contributed by atoms with Gasteiger partial charge in [0, 0.05) is 0 Å². The highest BCUT2D eigenvalue weighted by molar-refractivity contribution is 6.74. The number of aliphatic hydroxyl groups excluding tert-OH is 1. The molecule has 0 saturated carbocycles. The summed E-state index contributed by atoms with van der Waals surface area (Å²) >= 11 is 0. The first-order chi connectivity index (χ1) is 21.4. The van der Waals surface area contributed by atoms with Crippen molar-refractivity contribution in [2.45, 2.75) is 146 Å². The molecule has 1 aromatic carbocycles. The largest absolute Gasteiger partial charge is 0.467 e. The molecular weight excluding hydrogens is 620 g/mol. The van der Waals surface area contributed by atoms with Crippen LogP contribution in [0.4, 0.5) is 0 Å². The van der Waals surface area contributed by atoms with Crippen molar-refractivity contribution in [3.63, 3.8) is 0 Å². The fraction of sp³-hybridized carbons (Fsp3) is 0.781. The monoisotopic (exact) mass is 670 g/mol. The van der Waals surface area contributed by atoms with Gasteiger partial charge in [0.1, 0.15) is 49.3 Å². The summed E-state index contributed by atoms with van der Waals surface area (Å²) in [5, 5.41) is 11.4. The Labute approximate surface area is 272 Å². The first-order valence-electron chi connectivity index (χ1n) is 15.8. The van der Waals surface area contributed by atoms with E-state index in [0.717, 1.165) is 5.56 Å². The van der Waals surface area contributed by atoms with E-state index >= 15 is 0 Å². The number of carbonyl (C=O) groups is 1. The molecule has 0 amide bonds. The first kappa shape index (κ1) is 35.8. The standard InChI is InChI=1S/C32H50O13Si/c1-30(2,3)46(9,10)45-24-22(36-16-18-14-12-11-13-15-18)20(33)28(39-25(24)27(34)35-8)44-37-17-19-21-23(41-31(4,5)40-21)26-29(38-19)43-32(6,7)42-26/h11-15,19-26,28-29,33H,16-17H2,1-10H3/t19-,20-,21+,22-,23+,24+,25+,26-,28+,29-/m1/s1. The van der Waals surface area contributed by atoms with Crippen molar-refractivity contribution in [1.29, 1.82) is 0 Å². The summed E-state index contributed by atoms with van der Waals surface area (Å²) < 4.78 is 54.6. The van der Waals surface area contributed by atoms with Gasteiger partial charge in [-0.2, -0.15) is 0 Å². The Balaban J connectivity index is 1.32. The number of benzene rings is 1. The van der Waals surface area contributed by atoms with Gasteiger partial charge in [-0.3, -0.25) is 0 Å². The fourth-order valence-corrected chi connectivity index (χ4v) is 7.11. The Kier molecular flexibility index (Phi) is 10.4. The molecule has 0 aliphatic carbocycles. The van der Waals surface area contributed by atoms with Crippen molar-refractivity contribution in [3.8, 4) is 0 Å². The summed E-state index contributed by atoms with van der Waals surface area (Å²) in [4.78, 5) is 24.4. The minimum absolute atomic E-state index is 0.136. The normalized spacial score (nSPS) is 37.0. The van der Waals surface area contributed by atoms with Gasteiger partial charge in [0.05, 0.1) is 13.7 Å². The molecule has 1 aromatic rings. The zero-order valence-corrected chi connectivity index (χ0v) is 29.4. The average molecular weight is 671 g/mol. The molecular formula is C32H50O13Si. The van der Waals surface area contributed by atoms with E-state index in [1.165, 1.54) is 7.11 Å². The summed E-state index contributed by atoms with van der Waals surface area (Å²) in [6.45, 7) is 17.6. The predicted molar refractivity (Wildman–Crippen MR) is 163 cm³/mol. The summed E-state index contributed by atoms with van der Waals surface area (Å²) in [7, 11) is -1.24. The van der Waals surface area contributed by atoms with Gasteiger partial charge in [0.15, 0.2) is 32.3 Å². The van der Waals surface area contributed by atoms with Crippen LogP contribution in [-0.4, -0.2) is 106 Å². The van der Waals surface area contributed by atoms with E-state index < -0.39 is 87.3 Å². The van der Waals surface area contributed by atoms with Gasteiger partial charge >= 0.3 is 5.97 Å². The number of hydrogen-bond acceptors (Lipinski definition) is 13. The van der Waals surface area contributed by atoms with E-state index in [1.54, 1.807) is 13.8 Å². The van der Waals surface area contributed by atoms with Gasteiger partial charge in [-0.15, -0.1) is 0 Å². The number of esters is 1. The van der Waals surface area contributed by atoms with Crippen molar-refractivity contribution in [2.75, 3.05) is 13.7 Å². The topological polar surface area (TPSA) is 139 Å². The van der Waals surface area contributed by atoms with Crippen LogP contribution in [0, 0.1) is 0 Å². The van der Waals surface area contributed by atoms with Crippen molar-refractivity contribution in [2.24, 2.45) is 0 Å². The number of ether oxygens (including phenoxy) is 8. The Morgan fingerprint density at radius 3 is 2.20 bits per heavy atom. The molecule has 4 aliphatic rings. The van der Waals surface area contributed by atoms with Crippen molar-refractivity contribution in [3.05, 3.63) is 35.9 Å². The SMILES string of the molecule is COC(=O)[C@H]1O[C@@H](OOC[C@H]2O[C@@H]3OC(C)(C)O[C@@H]3[C@H]3OC(C)(C)O[C@H]32)[C@H](O)[C@@H](OCc2ccccc2)[C@@H]1O[Si](C)(C)C(C)(C)C. The minimum atomic E-state index is -2.50. The van der Waals surface area contributed by atoms with E-state index in [2.05, 4.69) is 20.8 Å². The highest BCUT2D eigenvalue weighted by Crippen LogP contribution is 2.44. The van der Waals surface area contributed by atoms with Crippen LogP contribution in [0.5, 0.6) is 0 Å². The highest BCUT2D eigenvalue weighted by atomic mass is 28.4. The van der Waals surface area contributed by atoms with Gasteiger partial charge in [-0.05, 0) is 51.4 Å². The number of aliphatic hydroxyl groups is 1. The molecule has 0 spiro atoms. The summed E-state index contributed by atoms with van der Waals surface area (Å²) in [6, 6.07) is 9.50. The zero-order valence-electron chi connectivity index (χ0n) is 28.4. The van der Waals surface area contributed by atoms with Crippen molar-refractivity contribution < 1.29 is 62.0 Å². The van der Waals surface area contributed by atoms with Gasteiger partial charge < -0.3 is 47.4 Å². The van der Waals surface area contributed by atoms with E-state index in [0.29, 0.717) is 0 Å². The molecule has 0 unspecified atom stereocenters. The second-order valence-electron chi connectivity index (χ2n) is 14.6. The van der Waals surface area contributed by atoms with E-state index in [4.69, 9.17) is 52.1 Å². The van der Waals surface area contributed by atoms with E-state index in [9.17, 15) is 9.90 Å². The lowest BCUT2D eigenvalue weighted by Gasteiger charge is -2.47. The van der Waals surface area contributed by atoms with Crippen LogP contribution in [0.15, 0.2) is 30.3 Å². The molecule has 4 heterocycles. The Hall–Kier alpha value is -1.53. The molecule has 46 heavy (non-hydrogen) atoms. The number of hydrogen-bond donors (Lipinski definition) is 1. The number of fused-ring (bicyclic) bond motifs is 3. The molecule has 260 valence electrons. The van der Waals surface area contributed by atoms with Crippen LogP contribution < -0.4 is 0 Å². The molecule has 5 rings (SSSR count). The van der Waals surface area contributed by atoms with Crippen molar-refractivity contribution >= 4 is 14.3 Å². The second-order valence-corrected chi connectivity index (χ2v) is 19.4. The lowest BCUT2D eigenvalue weighted by Crippen LogP contribution is -2.65. The molecule has 0 bridgehead atoms. The molecule has 0 aromatic heterocycles. The van der Waals surface area contributed by atoms with Crippen LogP contribution in [0.1, 0.15) is 54.0 Å². The average Bonchev–Trinajstić information content (AvgIpc) is 3.47. The smallest absolute Gasteiger partial charge is 0.337 e. The number of methoxy groups -OCH3 is 1. The lowest BCUT2D eigenvalue weighted by atomic mass is 9.98. The number of carbonyl (C=O) groups excluding carboxylic acids is 1. The van der Waals surface area contributed by atoms with Gasteiger partial charge in [-0.25, -0.2) is 14.6 Å². The molecule has 10 atom stereocenters. The zero-order chi connectivity index (χ0) is 33.7. The van der Waals surface area contributed by atoms with Crippen LogP contribution in [-0.2, 0) is 63.5 Å². The first-order valence-corrected chi connectivity index (χ1v) is 18.7. The van der Waals surface area contributed by atoms with Crippen LogP contribution in [0.25, 0.3) is 0 Å². The van der Waals surface area contributed by atoms with Crippen LogP contribution in [0.2, 0.25) is 18.1 Å². The summed E-state index contributed by atoms with van der Waals surface area (Å²) in [6.07, 6.45) is -9.05. The predicted octanol–water partition coefficient (Wildman–Crippen LogP) is 3.57. The lowest BCUT2D eigenvalue weighted by molar-refractivity contribution is -0.431. The molecule has 1 N–H and O–H groups in total. The van der Waals surface area contributed by atoms with E-state index in [-0.39, 0.29) is 18.3 Å². The van der Waals surface area contributed by atoms with Gasteiger partial charge in [0.2, 0.25) is 6.29 Å². The molecule has 4 aliphatic heterocycles. The van der Waals surface area contributed by atoms with Crippen LogP contribution >= 0.6 is 0 Å². The molecule has 4 fully saturated rings. The fourth-order valence-electron chi connectivity index (χ4n) is 5.82. The molecule has 4 saturated heterocycles. The third-order valence-corrected chi connectivity index (χ3v) is 13.6. The Morgan fingerprint density at radius 2 is 1.54 bits per heavy atom. The Morgan fingerprint density at radius 1 is 0.913 bits per heavy atom. The van der Waals surface area contributed by atoms with Crippen molar-refractivity contribution in [1.82, 2.24) is 0 Å². The van der Waals surface area contributed by atoms with Gasteiger partial charge in [-0.1, -0.05) is 51.1 Å². The number of rotatable bonds is 10. The quantitative estimate of drug-likeness (QED) is 0.168. The maximum absolute atomic E-state index is 13.1. The minimum Gasteiger partial charge on any atom is -0.467 e. The van der Waals surface area contributed by atoms with Gasteiger partial charge in [0.25, 0.3) is 0 Å². The van der Waals surface area contributed by atoms with E-state index in [1.807, 2.05) is 57.3 Å². The second kappa shape index (κ2) is 13.4.